The van der Waals surface area contributed by atoms with Gasteiger partial charge in [-0.3, -0.25) is 4.98 Å². The summed E-state index contributed by atoms with van der Waals surface area (Å²) in [7, 11) is 0. The summed E-state index contributed by atoms with van der Waals surface area (Å²) in [6.07, 6.45) is -3.75. The van der Waals surface area contributed by atoms with Crippen LogP contribution in [0.25, 0.3) is 10.9 Å². The lowest BCUT2D eigenvalue weighted by molar-refractivity contribution is -0.137. The second kappa shape index (κ2) is 5.96. The smallest absolute Gasteiger partial charge is 0.253 e. The minimum atomic E-state index is -4.30. The molecule has 0 unspecified atom stereocenters. The second-order valence-electron chi connectivity index (χ2n) is 5.44. The van der Waals surface area contributed by atoms with E-state index < -0.39 is 11.7 Å². The number of alkyl halides is 3. The minimum Gasteiger partial charge on any atom is -0.253 e. The van der Waals surface area contributed by atoms with Crippen LogP contribution in [0.3, 0.4) is 0 Å². The van der Waals surface area contributed by atoms with Gasteiger partial charge in [-0.05, 0) is 60.9 Å². The molecule has 118 valence electrons. The van der Waals surface area contributed by atoms with Gasteiger partial charge in [0, 0.05) is 15.6 Å². The molecular formula is C18H13BrF3N. The standard InChI is InChI=1S/C18H13BrF3N/c1-11-13(9-14-10-16(19)6-7-17(14)23-11)8-12-2-4-15(5-3-12)18(20,21)22/h2-7,9-10H,8H2,1H3. The predicted molar refractivity (Wildman–Crippen MR) is 88.4 cm³/mol. The molecule has 0 saturated carbocycles. The van der Waals surface area contributed by atoms with Crippen LogP contribution in [0.5, 0.6) is 0 Å². The monoisotopic (exact) mass is 379 g/mol. The Bertz CT molecular complexity index is 855. The summed E-state index contributed by atoms with van der Waals surface area (Å²) in [4.78, 5) is 4.57. The molecule has 0 aliphatic heterocycles. The van der Waals surface area contributed by atoms with E-state index in [-0.39, 0.29) is 0 Å². The number of hydrogen-bond donors (Lipinski definition) is 0. The van der Waals surface area contributed by atoms with Gasteiger partial charge >= 0.3 is 6.18 Å². The Balaban J connectivity index is 1.93. The number of halogens is 4. The van der Waals surface area contributed by atoms with Crippen LogP contribution in [0.2, 0.25) is 0 Å². The molecule has 0 aliphatic carbocycles. The van der Waals surface area contributed by atoms with Crippen LogP contribution in [0.1, 0.15) is 22.4 Å². The largest absolute Gasteiger partial charge is 0.416 e. The average Bonchev–Trinajstić information content (AvgIpc) is 2.48. The van der Waals surface area contributed by atoms with Crippen molar-refractivity contribution in [3.8, 4) is 0 Å². The maximum Gasteiger partial charge on any atom is 0.416 e. The summed E-state index contributed by atoms with van der Waals surface area (Å²) >= 11 is 3.43. The molecule has 0 atom stereocenters. The molecule has 0 amide bonds. The first-order valence-corrected chi connectivity index (χ1v) is 7.84. The molecule has 0 fully saturated rings. The summed E-state index contributed by atoms with van der Waals surface area (Å²) in [5.41, 5.74) is 3.01. The molecule has 1 nitrogen and oxygen atoms in total. The van der Waals surface area contributed by atoms with Gasteiger partial charge in [-0.1, -0.05) is 28.1 Å². The lowest BCUT2D eigenvalue weighted by atomic mass is 10.0. The highest BCUT2D eigenvalue weighted by atomic mass is 79.9. The van der Waals surface area contributed by atoms with Gasteiger partial charge in [-0.2, -0.15) is 13.2 Å². The van der Waals surface area contributed by atoms with E-state index in [2.05, 4.69) is 20.9 Å². The van der Waals surface area contributed by atoms with Crippen molar-refractivity contribution in [3.05, 3.63) is 75.4 Å². The van der Waals surface area contributed by atoms with Gasteiger partial charge in [0.25, 0.3) is 0 Å². The van der Waals surface area contributed by atoms with Crippen molar-refractivity contribution >= 4 is 26.8 Å². The highest BCUT2D eigenvalue weighted by Crippen LogP contribution is 2.29. The fourth-order valence-electron chi connectivity index (χ4n) is 2.50. The molecule has 2 aromatic carbocycles. The Morgan fingerprint density at radius 3 is 2.35 bits per heavy atom. The lowest BCUT2D eigenvalue weighted by Crippen LogP contribution is -2.04. The Labute approximate surface area is 140 Å². The molecule has 3 aromatic rings. The highest BCUT2D eigenvalue weighted by Gasteiger charge is 2.29. The zero-order valence-electron chi connectivity index (χ0n) is 12.3. The summed E-state index contributed by atoms with van der Waals surface area (Å²) < 4.78 is 38.8. The first-order chi connectivity index (χ1) is 10.8. The van der Waals surface area contributed by atoms with Crippen LogP contribution in [0, 0.1) is 6.92 Å². The van der Waals surface area contributed by atoms with Gasteiger partial charge in [0.05, 0.1) is 11.1 Å². The Hall–Kier alpha value is -1.88. The number of benzene rings is 2. The van der Waals surface area contributed by atoms with Crippen LogP contribution < -0.4 is 0 Å². The van der Waals surface area contributed by atoms with Crippen molar-refractivity contribution in [2.75, 3.05) is 0 Å². The fourth-order valence-corrected chi connectivity index (χ4v) is 2.88. The molecule has 0 radical (unpaired) electrons. The van der Waals surface area contributed by atoms with Gasteiger partial charge in [-0.15, -0.1) is 0 Å². The molecule has 0 N–H and O–H groups in total. The predicted octanol–water partition coefficient (Wildman–Crippen LogP) is 5.92. The molecule has 5 heteroatoms. The quantitative estimate of drug-likeness (QED) is 0.538. The van der Waals surface area contributed by atoms with Crippen LogP contribution >= 0.6 is 15.9 Å². The van der Waals surface area contributed by atoms with Crippen molar-refractivity contribution in [1.82, 2.24) is 4.98 Å². The fraction of sp³-hybridized carbons (Fsp3) is 0.167. The molecule has 1 aromatic heterocycles. The maximum atomic E-state index is 12.6. The van der Waals surface area contributed by atoms with Crippen molar-refractivity contribution in [2.24, 2.45) is 0 Å². The minimum absolute atomic E-state index is 0.555. The van der Waals surface area contributed by atoms with Gasteiger partial charge < -0.3 is 0 Å². The molecule has 0 aliphatic rings. The van der Waals surface area contributed by atoms with Gasteiger partial charge in [-0.25, -0.2) is 0 Å². The number of pyridine rings is 1. The van der Waals surface area contributed by atoms with E-state index >= 15 is 0 Å². The summed E-state index contributed by atoms with van der Waals surface area (Å²) in [6.45, 7) is 1.92. The third-order valence-electron chi connectivity index (χ3n) is 3.75. The van der Waals surface area contributed by atoms with E-state index in [0.29, 0.717) is 6.42 Å². The number of aromatic nitrogens is 1. The second-order valence-corrected chi connectivity index (χ2v) is 6.36. The Morgan fingerprint density at radius 2 is 1.70 bits per heavy atom. The first-order valence-electron chi connectivity index (χ1n) is 7.05. The Kier molecular flexibility index (Phi) is 4.15. The number of nitrogens with zero attached hydrogens (tertiary/aromatic N) is 1. The van der Waals surface area contributed by atoms with Crippen LogP contribution in [-0.2, 0) is 12.6 Å². The van der Waals surface area contributed by atoms with Crippen LogP contribution in [-0.4, -0.2) is 4.98 Å². The number of fused-ring (bicyclic) bond motifs is 1. The van der Waals surface area contributed by atoms with E-state index in [0.717, 1.165) is 44.3 Å². The Morgan fingerprint density at radius 1 is 1.00 bits per heavy atom. The van der Waals surface area contributed by atoms with E-state index in [1.807, 2.05) is 31.2 Å². The van der Waals surface area contributed by atoms with Gasteiger partial charge in [0.2, 0.25) is 0 Å². The third kappa shape index (κ3) is 3.55. The van der Waals surface area contributed by atoms with Gasteiger partial charge in [0.15, 0.2) is 0 Å². The topological polar surface area (TPSA) is 12.9 Å². The van der Waals surface area contributed by atoms with Crippen molar-refractivity contribution < 1.29 is 13.2 Å². The summed E-state index contributed by atoms with van der Waals surface area (Å²) in [6, 6.07) is 13.2. The molecule has 0 bridgehead atoms. The van der Waals surface area contributed by atoms with E-state index in [9.17, 15) is 13.2 Å². The zero-order chi connectivity index (χ0) is 16.6. The van der Waals surface area contributed by atoms with Crippen LogP contribution in [0.4, 0.5) is 13.2 Å². The van der Waals surface area contributed by atoms with E-state index in [1.165, 1.54) is 12.1 Å². The van der Waals surface area contributed by atoms with E-state index in [1.54, 1.807) is 0 Å². The number of aryl methyl sites for hydroxylation is 1. The van der Waals surface area contributed by atoms with Crippen molar-refractivity contribution in [1.29, 1.82) is 0 Å². The number of hydrogen-bond acceptors (Lipinski definition) is 1. The van der Waals surface area contributed by atoms with Crippen molar-refractivity contribution in [2.45, 2.75) is 19.5 Å². The summed E-state index contributed by atoms with van der Waals surface area (Å²) in [5, 5.41) is 1.01. The molecular weight excluding hydrogens is 367 g/mol. The maximum absolute atomic E-state index is 12.6. The first kappa shape index (κ1) is 16.0. The highest BCUT2D eigenvalue weighted by molar-refractivity contribution is 9.10. The van der Waals surface area contributed by atoms with Crippen LogP contribution in [0.15, 0.2) is 53.0 Å². The lowest BCUT2D eigenvalue weighted by Gasteiger charge is -2.10. The zero-order valence-corrected chi connectivity index (χ0v) is 13.9. The molecule has 0 saturated heterocycles. The summed E-state index contributed by atoms with van der Waals surface area (Å²) in [5.74, 6) is 0. The molecule has 0 spiro atoms. The molecule has 3 rings (SSSR count). The van der Waals surface area contributed by atoms with Crippen molar-refractivity contribution in [3.63, 3.8) is 0 Å². The normalized spacial score (nSPS) is 11.9. The number of rotatable bonds is 2. The molecule has 23 heavy (non-hydrogen) atoms. The SMILES string of the molecule is Cc1nc2ccc(Br)cc2cc1Cc1ccc(C(F)(F)F)cc1. The average molecular weight is 380 g/mol. The van der Waals surface area contributed by atoms with E-state index in [4.69, 9.17) is 0 Å². The van der Waals surface area contributed by atoms with Gasteiger partial charge in [0.1, 0.15) is 0 Å². The third-order valence-corrected chi connectivity index (χ3v) is 4.24. The molecule has 1 heterocycles.